The fourth-order valence-electron chi connectivity index (χ4n) is 12.4. The van der Waals surface area contributed by atoms with Crippen LogP contribution in [0, 0.1) is 0 Å². The summed E-state index contributed by atoms with van der Waals surface area (Å²) in [6, 6.07) is 107. The molecule has 0 spiro atoms. The number of benzene rings is 13. The molecule has 460 valence electrons. The molecule has 0 aliphatic rings. The first-order chi connectivity index (χ1) is 46.2. The number of nitrogens with zero attached hydrogens (tertiary/aromatic N) is 5. The van der Waals surface area contributed by atoms with Gasteiger partial charge in [0.2, 0.25) is 0 Å². The van der Waals surface area contributed by atoms with Crippen LogP contribution in [0.15, 0.2) is 309 Å². The van der Waals surface area contributed by atoms with Gasteiger partial charge in [-0.1, -0.05) is 66.7 Å². The largest absolute Gasteiger partial charge is 0.508 e. The third kappa shape index (κ3) is 11.9. The van der Waals surface area contributed by atoms with Gasteiger partial charge in [-0.25, -0.2) is 0 Å². The first-order valence-corrected chi connectivity index (χ1v) is 31.0. The lowest BCUT2D eigenvalue weighted by atomic mass is 10.0. The minimum atomic E-state index is 0.193. The number of rotatable bonds is 20. The molecule has 0 saturated heterocycles. The molecule has 0 atom stereocenters. The van der Waals surface area contributed by atoms with Crippen molar-refractivity contribution in [1.82, 2.24) is 4.57 Å². The van der Waals surface area contributed by atoms with Gasteiger partial charge in [-0.15, -0.1) is 0 Å². The summed E-state index contributed by atoms with van der Waals surface area (Å²) < 4.78 is 30.1. The van der Waals surface area contributed by atoms with E-state index in [1.54, 1.807) is 47.7 Å². The van der Waals surface area contributed by atoms with Gasteiger partial charge < -0.3 is 53.0 Å². The fraction of sp³-hybridized carbons (Fsp3) is 0.0602. The molecule has 11 heteroatoms. The zero-order valence-electron chi connectivity index (χ0n) is 52.7. The fourth-order valence-corrected chi connectivity index (χ4v) is 12.4. The molecule has 0 bridgehead atoms. The number of fused-ring (bicyclic) bond motifs is 3. The van der Waals surface area contributed by atoms with E-state index in [1.165, 1.54) is 0 Å². The van der Waals surface area contributed by atoms with Crippen LogP contribution in [0.5, 0.6) is 34.5 Å². The Morgan fingerprint density at radius 2 is 0.447 bits per heavy atom. The number of aromatic nitrogens is 1. The van der Waals surface area contributed by atoms with Crippen molar-refractivity contribution in [3.63, 3.8) is 0 Å². The summed E-state index contributed by atoms with van der Waals surface area (Å²) in [5, 5.41) is 12.8. The van der Waals surface area contributed by atoms with Gasteiger partial charge in [-0.05, 0) is 265 Å². The zero-order valence-corrected chi connectivity index (χ0v) is 52.7. The van der Waals surface area contributed by atoms with Gasteiger partial charge >= 0.3 is 0 Å². The molecule has 14 rings (SSSR count). The van der Waals surface area contributed by atoms with E-state index in [-0.39, 0.29) is 5.75 Å². The summed E-state index contributed by atoms with van der Waals surface area (Å²) in [5.74, 6) is 4.14. The molecule has 11 nitrogen and oxygen atoms in total. The number of aromatic hydroxyl groups is 1. The molecule has 0 aliphatic heterocycles. The molecule has 94 heavy (non-hydrogen) atoms. The molecule has 0 saturated carbocycles. The van der Waals surface area contributed by atoms with Crippen LogP contribution in [-0.2, 0) is 0 Å². The van der Waals surface area contributed by atoms with E-state index in [9.17, 15) is 5.11 Å². The van der Waals surface area contributed by atoms with E-state index in [2.05, 4.69) is 249 Å². The van der Waals surface area contributed by atoms with Crippen LogP contribution in [0.3, 0.4) is 0 Å². The summed E-state index contributed by atoms with van der Waals surface area (Å²) in [6.07, 6.45) is 0. The third-order valence-corrected chi connectivity index (χ3v) is 17.2. The highest BCUT2D eigenvalue weighted by Crippen LogP contribution is 2.46. The second-order valence-electron chi connectivity index (χ2n) is 22.6. The topological polar surface area (TPSA) is 84.3 Å². The van der Waals surface area contributed by atoms with E-state index < -0.39 is 0 Å². The van der Waals surface area contributed by atoms with Crippen molar-refractivity contribution in [2.75, 3.05) is 55.1 Å². The van der Waals surface area contributed by atoms with E-state index >= 15 is 0 Å². The van der Waals surface area contributed by atoms with Gasteiger partial charge in [0.15, 0.2) is 0 Å². The molecule has 0 radical (unpaired) electrons. The van der Waals surface area contributed by atoms with E-state index in [0.717, 1.165) is 147 Å². The van der Waals surface area contributed by atoms with E-state index in [0.29, 0.717) is 0 Å². The normalized spacial score (nSPS) is 11.1. The highest BCUT2D eigenvalue weighted by Gasteiger charge is 2.22. The molecule has 0 aliphatic carbocycles. The van der Waals surface area contributed by atoms with E-state index in [4.69, 9.17) is 23.7 Å². The number of phenolic OH excluding ortho intramolecular Hbond substituents is 1. The first-order valence-electron chi connectivity index (χ1n) is 31.0. The first kappa shape index (κ1) is 59.3. The van der Waals surface area contributed by atoms with Crippen LogP contribution in [0.2, 0.25) is 0 Å². The van der Waals surface area contributed by atoms with Crippen LogP contribution in [-0.4, -0.2) is 45.2 Å². The van der Waals surface area contributed by atoms with Gasteiger partial charge in [-0.2, -0.15) is 0 Å². The average molecular weight is 1230 g/mol. The molecule has 13 aromatic carbocycles. The van der Waals surface area contributed by atoms with E-state index in [1.807, 2.05) is 72.8 Å². The number of hydrogen-bond donors (Lipinski definition) is 1. The van der Waals surface area contributed by atoms with Gasteiger partial charge in [0.25, 0.3) is 0 Å². The Kier molecular flexibility index (Phi) is 16.6. The van der Waals surface area contributed by atoms with Gasteiger partial charge in [-0.3, -0.25) is 0 Å². The smallest absolute Gasteiger partial charge is 0.119 e. The summed E-state index contributed by atoms with van der Waals surface area (Å²) in [7, 11) is 8.42. The highest BCUT2D eigenvalue weighted by atomic mass is 16.5. The van der Waals surface area contributed by atoms with Crippen molar-refractivity contribution in [2.24, 2.45) is 0 Å². The monoisotopic (exact) mass is 1230 g/mol. The van der Waals surface area contributed by atoms with Crippen LogP contribution in [0.4, 0.5) is 68.2 Å². The Morgan fingerprint density at radius 3 is 0.691 bits per heavy atom. The second-order valence-corrected chi connectivity index (χ2v) is 22.6. The summed E-state index contributed by atoms with van der Waals surface area (Å²) >= 11 is 0. The number of ether oxygens (including phenoxy) is 5. The molecule has 0 unspecified atom stereocenters. The van der Waals surface area contributed by atoms with Crippen molar-refractivity contribution in [3.8, 4) is 62.4 Å². The van der Waals surface area contributed by atoms with Crippen LogP contribution in [0.25, 0.3) is 49.7 Å². The number of hydrogen-bond acceptors (Lipinski definition) is 10. The van der Waals surface area contributed by atoms with Crippen molar-refractivity contribution in [3.05, 3.63) is 309 Å². The Bertz CT molecular complexity index is 4780. The molecule has 14 aromatic rings. The molecule has 1 aromatic heterocycles. The average Bonchev–Trinajstić information content (AvgIpc) is 1.58. The van der Waals surface area contributed by atoms with Crippen molar-refractivity contribution < 1.29 is 28.8 Å². The maximum absolute atomic E-state index is 10.6. The Hall–Kier alpha value is -12.3. The lowest BCUT2D eigenvalue weighted by Gasteiger charge is -2.27. The van der Waals surface area contributed by atoms with Gasteiger partial charge in [0.05, 0.1) is 46.6 Å². The van der Waals surface area contributed by atoms with Crippen LogP contribution < -0.4 is 43.3 Å². The maximum atomic E-state index is 10.6. The van der Waals surface area contributed by atoms with Crippen LogP contribution in [0.1, 0.15) is 0 Å². The highest BCUT2D eigenvalue weighted by molar-refractivity contribution is 6.12. The maximum Gasteiger partial charge on any atom is 0.119 e. The number of anilines is 12. The molecule has 1 N–H and O–H groups in total. The number of methoxy groups -OCH3 is 5. The number of phenols is 1. The molecule has 0 amide bonds. The van der Waals surface area contributed by atoms with Gasteiger partial charge in [0, 0.05) is 84.7 Å². The Balaban J connectivity index is 0.821. The lowest BCUT2D eigenvalue weighted by molar-refractivity contribution is 0.414. The molecule has 0 fully saturated rings. The molecular formula is C83H67N5O6. The Morgan fingerprint density at radius 1 is 0.234 bits per heavy atom. The van der Waals surface area contributed by atoms with Gasteiger partial charge in [0.1, 0.15) is 34.5 Å². The molecular weight excluding hydrogens is 1160 g/mol. The number of para-hydroxylation sites is 1. The standard InChI is InChI=1S/C83H67N5O6/c1-90-75-43-29-67(30-44-75)84(68-31-45-76(91-2)46-32-68)62-19-11-57(12-20-62)59-15-23-64(24-16-59)86(66-27-41-74(89)42-28-66)72-39-53-82-80(55-72)81-56-73(40-54-83(81)88(82)61-9-7-6-8-10-61)87(71-37-51-79(94-5)52-38-71)65-25-17-60(18-26-65)58-13-21-63(22-14-58)85(69-33-47-77(92-3)48-34-69)70-35-49-78(93-4)50-36-70/h6-56,89H,1-5H3. The summed E-state index contributed by atoms with van der Waals surface area (Å²) in [6.45, 7) is 0. The van der Waals surface area contributed by atoms with Crippen LogP contribution >= 0.6 is 0 Å². The SMILES string of the molecule is COc1ccc(N(c2ccc(OC)cc2)c2ccc(-c3ccc(N(c4ccc(O)cc4)c4ccc5c(c4)c4cc(N(c6ccc(OC)cc6)c6ccc(-c7ccc(N(c8ccc(OC)cc8)c8ccc(OC)cc8)cc7)cc6)ccc4n5-c4ccccc4)cc3)cc2)cc1. The minimum absolute atomic E-state index is 0.193. The minimum Gasteiger partial charge on any atom is -0.508 e. The van der Waals surface area contributed by atoms with Crippen molar-refractivity contribution >= 4 is 90.1 Å². The lowest BCUT2D eigenvalue weighted by Crippen LogP contribution is -2.10. The predicted molar refractivity (Wildman–Crippen MR) is 385 cm³/mol. The predicted octanol–water partition coefficient (Wildman–Crippen LogP) is 21.7. The quantitative estimate of drug-likeness (QED) is 0.0796. The third-order valence-electron chi connectivity index (χ3n) is 17.2. The van der Waals surface area contributed by atoms with Crippen molar-refractivity contribution in [2.45, 2.75) is 0 Å². The summed E-state index contributed by atoms with van der Waals surface area (Å²) in [5.41, 5.74) is 19.3. The second kappa shape index (κ2) is 26.2. The zero-order chi connectivity index (χ0) is 64.1. The van der Waals surface area contributed by atoms with Crippen molar-refractivity contribution in [1.29, 1.82) is 0 Å². The molecule has 1 heterocycles. The Labute approximate surface area is 547 Å². The summed E-state index contributed by atoms with van der Waals surface area (Å²) in [4.78, 5) is 9.00.